The molecular formula is C10H11ClFIO2. The predicted octanol–water partition coefficient (Wildman–Crippen LogP) is 3.35. The topological polar surface area (TPSA) is 29.5 Å². The molecule has 1 N–H and O–H groups in total. The zero-order valence-electron chi connectivity index (χ0n) is 8.14. The molecule has 0 saturated heterocycles. The maximum Gasteiger partial charge on any atom is 0.151 e. The molecule has 2 nitrogen and oxygen atoms in total. The Hall–Kier alpha value is -0.0700. The second-order valence-electron chi connectivity index (χ2n) is 2.97. The number of rotatable bonds is 4. The van der Waals surface area contributed by atoms with Crippen LogP contribution in [-0.4, -0.2) is 16.6 Å². The first-order chi connectivity index (χ1) is 7.11. The van der Waals surface area contributed by atoms with Gasteiger partial charge in [-0.2, -0.15) is 0 Å². The van der Waals surface area contributed by atoms with Crippen LogP contribution in [-0.2, 0) is 0 Å². The summed E-state index contributed by atoms with van der Waals surface area (Å²) >= 11 is 7.76. The summed E-state index contributed by atoms with van der Waals surface area (Å²) in [7, 11) is 1.43. The van der Waals surface area contributed by atoms with Gasteiger partial charge in [-0.3, -0.25) is 0 Å². The number of halogens is 3. The van der Waals surface area contributed by atoms with E-state index in [4.69, 9.17) is 16.3 Å². The molecule has 0 bridgehead atoms. The lowest BCUT2D eigenvalue weighted by molar-refractivity contribution is 0.166. The van der Waals surface area contributed by atoms with Crippen LogP contribution < -0.4 is 4.74 Å². The molecule has 1 aromatic carbocycles. The van der Waals surface area contributed by atoms with Crippen molar-refractivity contribution >= 4 is 34.2 Å². The van der Waals surface area contributed by atoms with Gasteiger partial charge in [-0.25, -0.2) is 4.39 Å². The Bertz CT molecular complexity index is 346. The van der Waals surface area contributed by atoms with Crippen LogP contribution in [0.2, 0.25) is 5.02 Å². The fourth-order valence-corrected chi connectivity index (χ4v) is 2.04. The predicted molar refractivity (Wildman–Crippen MR) is 66.4 cm³/mol. The smallest absolute Gasteiger partial charge is 0.151 e. The van der Waals surface area contributed by atoms with Crippen LogP contribution in [0.3, 0.4) is 0 Å². The van der Waals surface area contributed by atoms with Gasteiger partial charge >= 0.3 is 0 Å². The third-order valence-corrected chi connectivity index (χ3v) is 2.94. The molecule has 0 unspecified atom stereocenters. The Kier molecular flexibility index (Phi) is 5.08. The average molecular weight is 345 g/mol. The molecule has 0 amide bonds. The molecule has 0 aliphatic heterocycles. The summed E-state index contributed by atoms with van der Waals surface area (Å²) in [5.74, 6) is -0.275. The monoisotopic (exact) mass is 344 g/mol. The maximum absolute atomic E-state index is 13.6. The first-order valence-corrected chi connectivity index (χ1v) is 6.28. The SMILES string of the molecule is COc1ccc(Cl)c(F)c1[C@H](O)CCI. The molecule has 84 valence electrons. The van der Waals surface area contributed by atoms with E-state index in [2.05, 4.69) is 22.6 Å². The highest BCUT2D eigenvalue weighted by Crippen LogP contribution is 2.33. The van der Waals surface area contributed by atoms with Gasteiger partial charge in [-0.15, -0.1) is 0 Å². The number of alkyl halides is 1. The summed E-state index contributed by atoms with van der Waals surface area (Å²) < 4.78 is 19.4. The molecule has 0 radical (unpaired) electrons. The van der Waals surface area contributed by atoms with Crippen LogP contribution in [0.1, 0.15) is 18.1 Å². The van der Waals surface area contributed by atoms with E-state index in [0.29, 0.717) is 12.2 Å². The van der Waals surface area contributed by atoms with Gasteiger partial charge in [0.2, 0.25) is 0 Å². The highest BCUT2D eigenvalue weighted by atomic mass is 127. The quantitative estimate of drug-likeness (QED) is 0.670. The summed E-state index contributed by atoms with van der Waals surface area (Å²) in [6.07, 6.45) is -0.413. The Labute approximate surface area is 107 Å². The van der Waals surface area contributed by atoms with E-state index in [1.54, 1.807) is 6.07 Å². The van der Waals surface area contributed by atoms with Gasteiger partial charge in [0.1, 0.15) is 5.75 Å². The molecule has 0 saturated carbocycles. The Morgan fingerprint density at radius 3 is 2.80 bits per heavy atom. The number of aliphatic hydroxyl groups is 1. The molecule has 0 aliphatic carbocycles. The number of aliphatic hydroxyl groups excluding tert-OH is 1. The molecule has 0 fully saturated rings. The molecule has 0 spiro atoms. The van der Waals surface area contributed by atoms with E-state index in [9.17, 15) is 9.50 Å². The molecule has 0 aromatic heterocycles. The van der Waals surface area contributed by atoms with Gasteiger partial charge in [0.05, 0.1) is 23.8 Å². The Balaban J connectivity index is 3.17. The van der Waals surface area contributed by atoms with Crippen molar-refractivity contribution in [3.05, 3.63) is 28.5 Å². The molecule has 1 atom stereocenters. The summed E-state index contributed by atoms with van der Waals surface area (Å²) in [4.78, 5) is 0. The molecular weight excluding hydrogens is 333 g/mol. The standard InChI is InChI=1S/C10H11ClFIO2/c1-15-8-3-2-6(11)10(12)9(8)7(14)4-5-13/h2-3,7,14H,4-5H2,1H3/t7-/m1/s1. The maximum atomic E-state index is 13.6. The van der Waals surface area contributed by atoms with Crippen molar-refractivity contribution in [2.24, 2.45) is 0 Å². The van der Waals surface area contributed by atoms with Crippen molar-refractivity contribution in [1.82, 2.24) is 0 Å². The zero-order valence-corrected chi connectivity index (χ0v) is 11.0. The molecule has 15 heavy (non-hydrogen) atoms. The first kappa shape index (κ1) is 13.0. The van der Waals surface area contributed by atoms with Crippen molar-refractivity contribution in [2.45, 2.75) is 12.5 Å². The largest absolute Gasteiger partial charge is 0.496 e. The van der Waals surface area contributed by atoms with Gasteiger partial charge in [0.15, 0.2) is 5.82 Å². The van der Waals surface area contributed by atoms with Crippen LogP contribution in [0.4, 0.5) is 4.39 Å². The van der Waals surface area contributed by atoms with Crippen LogP contribution >= 0.6 is 34.2 Å². The minimum absolute atomic E-state index is 0.00157. The third kappa shape index (κ3) is 2.95. The number of methoxy groups -OCH3 is 1. The fourth-order valence-electron chi connectivity index (χ4n) is 1.28. The molecule has 0 aliphatic rings. The summed E-state index contributed by atoms with van der Waals surface area (Å²) in [5.41, 5.74) is 0.140. The summed E-state index contributed by atoms with van der Waals surface area (Å²) in [6.45, 7) is 0. The number of ether oxygens (including phenoxy) is 1. The van der Waals surface area contributed by atoms with Gasteiger partial charge in [-0.05, 0) is 18.6 Å². The zero-order chi connectivity index (χ0) is 11.4. The third-order valence-electron chi connectivity index (χ3n) is 2.03. The van der Waals surface area contributed by atoms with Crippen molar-refractivity contribution in [1.29, 1.82) is 0 Å². The second kappa shape index (κ2) is 5.86. The van der Waals surface area contributed by atoms with Crippen LogP contribution in [0.15, 0.2) is 12.1 Å². The van der Waals surface area contributed by atoms with Crippen LogP contribution in [0.5, 0.6) is 5.75 Å². The molecule has 1 aromatic rings. The van der Waals surface area contributed by atoms with Crippen molar-refractivity contribution in [2.75, 3.05) is 11.5 Å². The summed E-state index contributed by atoms with van der Waals surface area (Å²) in [6, 6.07) is 2.97. The second-order valence-corrected chi connectivity index (χ2v) is 4.46. The van der Waals surface area contributed by atoms with Gasteiger partial charge in [-0.1, -0.05) is 34.2 Å². The lowest BCUT2D eigenvalue weighted by Crippen LogP contribution is -2.04. The van der Waals surface area contributed by atoms with Gasteiger partial charge < -0.3 is 9.84 Å². The minimum atomic E-state index is -0.879. The Morgan fingerprint density at radius 1 is 1.60 bits per heavy atom. The lowest BCUT2D eigenvalue weighted by atomic mass is 10.1. The normalized spacial score (nSPS) is 12.6. The fraction of sp³-hybridized carbons (Fsp3) is 0.400. The Morgan fingerprint density at radius 2 is 2.27 bits per heavy atom. The van der Waals surface area contributed by atoms with E-state index in [1.165, 1.54) is 13.2 Å². The van der Waals surface area contributed by atoms with Crippen LogP contribution in [0, 0.1) is 5.82 Å². The average Bonchev–Trinajstić information content (AvgIpc) is 2.22. The lowest BCUT2D eigenvalue weighted by Gasteiger charge is -2.15. The minimum Gasteiger partial charge on any atom is -0.496 e. The number of hydrogen-bond donors (Lipinski definition) is 1. The molecule has 0 heterocycles. The number of benzene rings is 1. The summed E-state index contributed by atoms with van der Waals surface area (Å²) in [5, 5.41) is 9.75. The van der Waals surface area contributed by atoms with E-state index in [0.717, 1.165) is 4.43 Å². The molecule has 5 heteroatoms. The van der Waals surface area contributed by atoms with E-state index in [-0.39, 0.29) is 10.6 Å². The van der Waals surface area contributed by atoms with Gasteiger partial charge in [0, 0.05) is 4.43 Å². The van der Waals surface area contributed by atoms with Crippen molar-refractivity contribution in [3.8, 4) is 5.75 Å². The highest BCUT2D eigenvalue weighted by Gasteiger charge is 2.20. The number of hydrogen-bond acceptors (Lipinski definition) is 2. The van der Waals surface area contributed by atoms with E-state index < -0.39 is 11.9 Å². The van der Waals surface area contributed by atoms with E-state index >= 15 is 0 Å². The highest BCUT2D eigenvalue weighted by molar-refractivity contribution is 14.1. The van der Waals surface area contributed by atoms with Gasteiger partial charge in [0.25, 0.3) is 0 Å². The van der Waals surface area contributed by atoms with E-state index in [1.807, 2.05) is 0 Å². The molecule has 1 rings (SSSR count). The van der Waals surface area contributed by atoms with Crippen molar-refractivity contribution in [3.63, 3.8) is 0 Å². The first-order valence-electron chi connectivity index (χ1n) is 4.37. The van der Waals surface area contributed by atoms with Crippen molar-refractivity contribution < 1.29 is 14.2 Å². The van der Waals surface area contributed by atoms with Crippen LogP contribution in [0.25, 0.3) is 0 Å².